The Bertz CT molecular complexity index is 669. The predicted molar refractivity (Wildman–Crippen MR) is 63.7 cm³/mol. The van der Waals surface area contributed by atoms with E-state index in [2.05, 4.69) is 25.5 Å². The monoisotopic (exact) mass is 229 g/mol. The molecule has 0 aromatic carbocycles. The topological polar surface area (TPSA) is 79.6 Å². The lowest BCUT2D eigenvalue weighted by molar-refractivity contribution is 0.533. The number of H-pyrrole nitrogens is 1. The Balaban J connectivity index is 2.28. The summed E-state index contributed by atoms with van der Waals surface area (Å²) in [7, 11) is 1.86. The van der Waals surface area contributed by atoms with Crippen molar-refractivity contribution >= 4 is 16.7 Å². The van der Waals surface area contributed by atoms with E-state index in [0.29, 0.717) is 11.8 Å². The van der Waals surface area contributed by atoms with Crippen LogP contribution in [0.15, 0.2) is 22.9 Å². The first kappa shape index (κ1) is 9.83. The highest BCUT2D eigenvalue weighted by Gasteiger charge is 2.14. The average Bonchev–Trinajstić information content (AvgIpc) is 2.95. The molecule has 3 aromatic rings. The molecular formula is C11H11N5O. The molecule has 0 saturated carbocycles. The van der Waals surface area contributed by atoms with Crippen LogP contribution in [0.5, 0.6) is 0 Å². The van der Waals surface area contributed by atoms with E-state index >= 15 is 0 Å². The molecule has 3 rings (SSSR count). The van der Waals surface area contributed by atoms with Crippen LogP contribution < -0.4 is 5.32 Å². The molecule has 0 fully saturated rings. The maximum atomic E-state index is 5.43. The fraction of sp³-hybridized carbons (Fsp3) is 0.182. The van der Waals surface area contributed by atoms with Crippen molar-refractivity contribution in [3.05, 3.63) is 24.4 Å². The molecule has 0 aliphatic carbocycles. The van der Waals surface area contributed by atoms with Gasteiger partial charge in [-0.1, -0.05) is 0 Å². The van der Waals surface area contributed by atoms with Crippen LogP contribution in [0, 0.1) is 6.92 Å². The lowest BCUT2D eigenvalue weighted by Crippen LogP contribution is -1.94. The zero-order chi connectivity index (χ0) is 11.8. The Morgan fingerprint density at radius 3 is 2.94 bits per heavy atom. The fourth-order valence-corrected chi connectivity index (χ4v) is 1.84. The second-order valence-corrected chi connectivity index (χ2v) is 3.66. The number of aromatic nitrogens is 4. The van der Waals surface area contributed by atoms with Gasteiger partial charge in [0.05, 0.1) is 11.3 Å². The number of aromatic amines is 1. The van der Waals surface area contributed by atoms with Gasteiger partial charge in [-0.15, -0.1) is 10.2 Å². The molecule has 0 radical (unpaired) electrons. The van der Waals surface area contributed by atoms with E-state index in [1.165, 1.54) is 0 Å². The fourth-order valence-electron chi connectivity index (χ4n) is 1.84. The van der Waals surface area contributed by atoms with Crippen LogP contribution >= 0.6 is 0 Å². The Morgan fingerprint density at radius 2 is 2.24 bits per heavy atom. The van der Waals surface area contributed by atoms with E-state index in [9.17, 15) is 0 Å². The third-order valence-electron chi connectivity index (χ3n) is 2.59. The van der Waals surface area contributed by atoms with Crippen LogP contribution in [0.25, 0.3) is 22.5 Å². The zero-order valence-corrected chi connectivity index (χ0v) is 9.48. The van der Waals surface area contributed by atoms with Crippen molar-refractivity contribution in [3.8, 4) is 11.5 Å². The number of nitrogens with zero attached hydrogens (tertiary/aromatic N) is 3. The van der Waals surface area contributed by atoms with Gasteiger partial charge < -0.3 is 14.7 Å². The highest BCUT2D eigenvalue weighted by atomic mass is 16.4. The SMILES string of the molecule is CNc1c(-c2nnc(C)o2)cnc2[nH]ccc12. The van der Waals surface area contributed by atoms with Crippen molar-refractivity contribution in [2.75, 3.05) is 12.4 Å². The van der Waals surface area contributed by atoms with Crippen molar-refractivity contribution in [2.45, 2.75) is 6.92 Å². The summed E-state index contributed by atoms with van der Waals surface area (Å²) in [6.45, 7) is 1.76. The summed E-state index contributed by atoms with van der Waals surface area (Å²) in [5.41, 5.74) is 2.56. The van der Waals surface area contributed by atoms with E-state index in [-0.39, 0.29) is 0 Å². The molecule has 0 saturated heterocycles. The number of anilines is 1. The molecule has 0 spiro atoms. The number of fused-ring (bicyclic) bond motifs is 1. The first-order valence-electron chi connectivity index (χ1n) is 5.24. The number of nitrogens with one attached hydrogen (secondary N) is 2. The van der Waals surface area contributed by atoms with Crippen molar-refractivity contribution < 1.29 is 4.42 Å². The number of hydrogen-bond donors (Lipinski definition) is 2. The Hall–Kier alpha value is -2.37. The van der Waals surface area contributed by atoms with E-state index in [1.54, 1.807) is 13.1 Å². The van der Waals surface area contributed by atoms with Gasteiger partial charge in [0.15, 0.2) is 0 Å². The summed E-state index contributed by atoms with van der Waals surface area (Å²) in [4.78, 5) is 7.37. The largest absolute Gasteiger partial charge is 0.421 e. The van der Waals surface area contributed by atoms with Crippen LogP contribution in [-0.4, -0.2) is 27.2 Å². The maximum Gasteiger partial charge on any atom is 0.251 e. The van der Waals surface area contributed by atoms with Gasteiger partial charge in [0, 0.05) is 31.8 Å². The minimum absolute atomic E-state index is 0.474. The number of aryl methyl sites for hydroxylation is 1. The van der Waals surface area contributed by atoms with E-state index in [1.807, 2.05) is 19.3 Å². The first-order valence-corrected chi connectivity index (χ1v) is 5.24. The lowest BCUT2D eigenvalue weighted by atomic mass is 10.2. The van der Waals surface area contributed by atoms with Gasteiger partial charge in [0.2, 0.25) is 5.89 Å². The molecule has 0 unspecified atom stereocenters. The average molecular weight is 229 g/mol. The minimum atomic E-state index is 0.474. The minimum Gasteiger partial charge on any atom is -0.421 e. The van der Waals surface area contributed by atoms with Gasteiger partial charge in [-0.05, 0) is 6.07 Å². The van der Waals surface area contributed by atoms with Crippen LogP contribution in [0.2, 0.25) is 0 Å². The van der Waals surface area contributed by atoms with Gasteiger partial charge in [-0.3, -0.25) is 0 Å². The lowest BCUT2D eigenvalue weighted by Gasteiger charge is -2.06. The second kappa shape index (κ2) is 3.58. The van der Waals surface area contributed by atoms with E-state index < -0.39 is 0 Å². The summed E-state index contributed by atoms with van der Waals surface area (Å²) < 4.78 is 5.43. The summed E-state index contributed by atoms with van der Waals surface area (Å²) in [5.74, 6) is 1.01. The Morgan fingerprint density at radius 1 is 1.35 bits per heavy atom. The molecule has 86 valence electrons. The third kappa shape index (κ3) is 1.45. The highest BCUT2D eigenvalue weighted by molar-refractivity contribution is 5.96. The van der Waals surface area contributed by atoms with Crippen molar-refractivity contribution in [3.63, 3.8) is 0 Å². The molecular weight excluding hydrogens is 218 g/mol. The molecule has 0 amide bonds. The molecule has 0 bridgehead atoms. The van der Waals surface area contributed by atoms with Crippen LogP contribution in [0.3, 0.4) is 0 Å². The highest BCUT2D eigenvalue weighted by Crippen LogP contribution is 2.31. The molecule has 3 aromatic heterocycles. The Kier molecular flexibility index (Phi) is 2.07. The molecule has 0 aliphatic heterocycles. The molecule has 6 heteroatoms. The maximum absolute atomic E-state index is 5.43. The molecule has 2 N–H and O–H groups in total. The standard InChI is InChI=1S/C11H11N5O/c1-6-15-16-11(17-6)8-5-14-10-7(3-4-13-10)9(8)12-2/h3-5H,1-2H3,(H2,12,13,14). The Labute approximate surface area is 97.1 Å². The van der Waals surface area contributed by atoms with E-state index in [0.717, 1.165) is 22.3 Å². The molecule has 0 atom stereocenters. The second-order valence-electron chi connectivity index (χ2n) is 3.66. The third-order valence-corrected chi connectivity index (χ3v) is 2.59. The van der Waals surface area contributed by atoms with Crippen molar-refractivity contribution in [1.82, 2.24) is 20.2 Å². The normalized spacial score (nSPS) is 10.9. The van der Waals surface area contributed by atoms with Crippen LogP contribution in [0.4, 0.5) is 5.69 Å². The predicted octanol–water partition coefficient (Wildman–Crippen LogP) is 1.96. The summed E-state index contributed by atoms with van der Waals surface area (Å²) in [5, 5.41) is 12.0. The molecule has 17 heavy (non-hydrogen) atoms. The number of hydrogen-bond acceptors (Lipinski definition) is 5. The smallest absolute Gasteiger partial charge is 0.251 e. The molecule has 6 nitrogen and oxygen atoms in total. The quantitative estimate of drug-likeness (QED) is 0.702. The van der Waals surface area contributed by atoms with Gasteiger partial charge in [-0.2, -0.15) is 0 Å². The van der Waals surface area contributed by atoms with Crippen molar-refractivity contribution in [1.29, 1.82) is 0 Å². The summed E-state index contributed by atoms with van der Waals surface area (Å²) in [6.07, 6.45) is 3.57. The number of pyridine rings is 1. The van der Waals surface area contributed by atoms with Gasteiger partial charge in [0.1, 0.15) is 5.65 Å². The van der Waals surface area contributed by atoms with Gasteiger partial charge >= 0.3 is 0 Å². The number of rotatable bonds is 2. The summed E-state index contributed by atoms with van der Waals surface area (Å²) in [6, 6.07) is 1.96. The van der Waals surface area contributed by atoms with Gasteiger partial charge in [-0.25, -0.2) is 4.98 Å². The molecule has 0 aliphatic rings. The van der Waals surface area contributed by atoms with E-state index in [4.69, 9.17) is 4.42 Å². The zero-order valence-electron chi connectivity index (χ0n) is 9.48. The van der Waals surface area contributed by atoms with Crippen molar-refractivity contribution in [2.24, 2.45) is 0 Å². The van der Waals surface area contributed by atoms with Gasteiger partial charge in [0.25, 0.3) is 5.89 Å². The molecule has 3 heterocycles. The first-order chi connectivity index (χ1) is 8.29. The van der Waals surface area contributed by atoms with Crippen LogP contribution in [-0.2, 0) is 0 Å². The summed E-state index contributed by atoms with van der Waals surface area (Å²) >= 11 is 0. The van der Waals surface area contributed by atoms with Crippen LogP contribution in [0.1, 0.15) is 5.89 Å².